The minimum atomic E-state index is -0.0601. The fourth-order valence-electron chi connectivity index (χ4n) is 2.20. The Morgan fingerprint density at radius 1 is 1.14 bits per heavy atom. The first kappa shape index (κ1) is 15.6. The van der Waals surface area contributed by atoms with E-state index in [4.69, 9.17) is 0 Å². The largest absolute Gasteiger partial charge is 0.382 e. The van der Waals surface area contributed by atoms with Crippen LogP contribution in [-0.4, -0.2) is 11.9 Å². The summed E-state index contributed by atoms with van der Waals surface area (Å²) in [5.74, 6) is -0.0601. The summed E-state index contributed by atoms with van der Waals surface area (Å²) in [6, 6.07) is 16.4. The van der Waals surface area contributed by atoms with Crippen molar-refractivity contribution in [3.05, 3.63) is 58.6 Å². The van der Waals surface area contributed by atoms with E-state index in [2.05, 4.69) is 57.8 Å². The third kappa shape index (κ3) is 5.23. The highest BCUT2D eigenvalue weighted by atomic mass is 79.9. The topological polar surface area (TPSA) is 41.1 Å². The van der Waals surface area contributed by atoms with Gasteiger partial charge < -0.3 is 10.6 Å². The summed E-state index contributed by atoms with van der Waals surface area (Å²) in [4.78, 5) is 11.1. The Morgan fingerprint density at radius 2 is 1.81 bits per heavy atom. The molecule has 1 unspecified atom stereocenters. The van der Waals surface area contributed by atoms with E-state index in [1.54, 1.807) is 0 Å². The summed E-state index contributed by atoms with van der Waals surface area (Å²) in [6.45, 7) is 3.66. The molecule has 0 spiro atoms. The molecule has 2 N–H and O–H groups in total. The van der Waals surface area contributed by atoms with Gasteiger partial charge in [0.2, 0.25) is 5.91 Å². The number of hydrogen-bond acceptors (Lipinski definition) is 2. The minimum absolute atomic E-state index is 0.0601. The third-order valence-electron chi connectivity index (χ3n) is 3.05. The van der Waals surface area contributed by atoms with E-state index in [9.17, 15) is 4.79 Å². The first-order valence-corrected chi connectivity index (χ1v) is 7.71. The van der Waals surface area contributed by atoms with Crippen molar-refractivity contribution in [3.63, 3.8) is 0 Å². The standard InChI is InChI=1S/C17H19BrN2O/c1-12(10-14-6-8-15(18)9-7-14)19-16-4-3-5-17(11-16)20-13(2)21/h3-9,11-12,19H,10H2,1-2H3,(H,20,21). The molecule has 3 nitrogen and oxygen atoms in total. The average Bonchev–Trinajstić information content (AvgIpc) is 2.41. The number of rotatable bonds is 5. The van der Waals surface area contributed by atoms with Gasteiger partial charge in [-0.2, -0.15) is 0 Å². The van der Waals surface area contributed by atoms with Gasteiger partial charge in [0.25, 0.3) is 0 Å². The molecule has 0 fully saturated rings. The number of carbonyl (C=O) groups is 1. The first-order chi connectivity index (χ1) is 10.0. The third-order valence-corrected chi connectivity index (χ3v) is 3.58. The zero-order valence-electron chi connectivity index (χ0n) is 12.2. The summed E-state index contributed by atoms with van der Waals surface area (Å²) in [5, 5.41) is 6.25. The van der Waals surface area contributed by atoms with Gasteiger partial charge >= 0.3 is 0 Å². The van der Waals surface area contributed by atoms with E-state index in [0.29, 0.717) is 6.04 Å². The van der Waals surface area contributed by atoms with Crippen LogP contribution >= 0.6 is 15.9 Å². The van der Waals surface area contributed by atoms with Gasteiger partial charge in [-0.3, -0.25) is 4.79 Å². The fraction of sp³-hybridized carbons (Fsp3) is 0.235. The average molecular weight is 347 g/mol. The Balaban J connectivity index is 1.97. The Labute approximate surface area is 133 Å². The lowest BCUT2D eigenvalue weighted by Crippen LogP contribution is -2.18. The molecule has 2 aromatic rings. The number of benzene rings is 2. The Hall–Kier alpha value is -1.81. The van der Waals surface area contributed by atoms with Gasteiger partial charge in [-0.1, -0.05) is 34.1 Å². The maximum atomic E-state index is 11.1. The van der Waals surface area contributed by atoms with Crippen LogP contribution in [0.1, 0.15) is 19.4 Å². The number of hydrogen-bond donors (Lipinski definition) is 2. The highest BCUT2D eigenvalue weighted by Gasteiger charge is 2.05. The van der Waals surface area contributed by atoms with E-state index in [1.165, 1.54) is 12.5 Å². The van der Waals surface area contributed by atoms with Crippen molar-refractivity contribution in [2.75, 3.05) is 10.6 Å². The molecule has 1 atom stereocenters. The smallest absolute Gasteiger partial charge is 0.221 e. The number of amides is 1. The molecule has 0 aliphatic heterocycles. The van der Waals surface area contributed by atoms with Crippen molar-refractivity contribution in [2.45, 2.75) is 26.3 Å². The molecule has 0 bridgehead atoms. The van der Waals surface area contributed by atoms with Crippen LogP contribution in [0.4, 0.5) is 11.4 Å². The zero-order valence-corrected chi connectivity index (χ0v) is 13.8. The van der Waals surface area contributed by atoms with Crippen molar-refractivity contribution in [1.29, 1.82) is 0 Å². The molecule has 0 aliphatic carbocycles. The molecular formula is C17H19BrN2O. The van der Waals surface area contributed by atoms with Crippen molar-refractivity contribution in [2.24, 2.45) is 0 Å². The van der Waals surface area contributed by atoms with Crippen LogP contribution in [0.2, 0.25) is 0 Å². The van der Waals surface area contributed by atoms with Gasteiger partial charge in [0.15, 0.2) is 0 Å². The van der Waals surface area contributed by atoms with Crippen molar-refractivity contribution < 1.29 is 4.79 Å². The van der Waals surface area contributed by atoms with Gasteiger partial charge in [0.05, 0.1) is 0 Å². The van der Waals surface area contributed by atoms with Crippen LogP contribution in [0.15, 0.2) is 53.0 Å². The van der Waals surface area contributed by atoms with E-state index < -0.39 is 0 Å². The van der Waals surface area contributed by atoms with Crippen molar-refractivity contribution in [3.8, 4) is 0 Å². The lowest BCUT2D eigenvalue weighted by Gasteiger charge is -2.16. The molecule has 0 saturated carbocycles. The maximum absolute atomic E-state index is 11.1. The lowest BCUT2D eigenvalue weighted by atomic mass is 10.1. The molecule has 0 radical (unpaired) electrons. The second kappa shape index (κ2) is 7.27. The fourth-order valence-corrected chi connectivity index (χ4v) is 2.46. The molecule has 0 heterocycles. The van der Waals surface area contributed by atoms with Gasteiger partial charge in [-0.15, -0.1) is 0 Å². The molecule has 0 aliphatic rings. The van der Waals surface area contributed by atoms with E-state index in [-0.39, 0.29) is 5.91 Å². The lowest BCUT2D eigenvalue weighted by molar-refractivity contribution is -0.114. The Morgan fingerprint density at radius 3 is 2.48 bits per heavy atom. The molecular weight excluding hydrogens is 328 g/mol. The van der Waals surface area contributed by atoms with E-state index in [1.807, 2.05) is 24.3 Å². The molecule has 21 heavy (non-hydrogen) atoms. The molecule has 0 saturated heterocycles. The normalized spacial score (nSPS) is 11.8. The molecule has 2 aromatic carbocycles. The number of carbonyl (C=O) groups excluding carboxylic acids is 1. The maximum Gasteiger partial charge on any atom is 0.221 e. The Kier molecular flexibility index (Phi) is 5.39. The summed E-state index contributed by atoms with van der Waals surface area (Å²) in [6.07, 6.45) is 0.942. The quantitative estimate of drug-likeness (QED) is 0.839. The van der Waals surface area contributed by atoms with Crippen LogP contribution in [0.5, 0.6) is 0 Å². The van der Waals surface area contributed by atoms with Gasteiger partial charge in [0, 0.05) is 28.8 Å². The highest BCUT2D eigenvalue weighted by Crippen LogP contribution is 2.18. The SMILES string of the molecule is CC(=O)Nc1cccc(NC(C)Cc2ccc(Br)cc2)c1. The zero-order chi connectivity index (χ0) is 15.2. The predicted molar refractivity (Wildman–Crippen MR) is 91.7 cm³/mol. The first-order valence-electron chi connectivity index (χ1n) is 6.91. The molecule has 2 rings (SSSR count). The van der Waals surface area contributed by atoms with Crippen LogP contribution < -0.4 is 10.6 Å². The highest BCUT2D eigenvalue weighted by molar-refractivity contribution is 9.10. The van der Waals surface area contributed by atoms with Gasteiger partial charge in [-0.05, 0) is 49.2 Å². The van der Waals surface area contributed by atoms with Crippen LogP contribution in [0.25, 0.3) is 0 Å². The van der Waals surface area contributed by atoms with Crippen molar-refractivity contribution in [1.82, 2.24) is 0 Å². The number of anilines is 2. The van der Waals surface area contributed by atoms with E-state index >= 15 is 0 Å². The second-order valence-electron chi connectivity index (χ2n) is 5.14. The molecule has 110 valence electrons. The van der Waals surface area contributed by atoms with Crippen molar-refractivity contribution >= 4 is 33.2 Å². The monoisotopic (exact) mass is 346 g/mol. The Bertz CT molecular complexity index is 610. The molecule has 0 aromatic heterocycles. The summed E-state index contributed by atoms with van der Waals surface area (Å²) in [7, 11) is 0. The molecule has 4 heteroatoms. The number of nitrogens with one attached hydrogen (secondary N) is 2. The number of halogens is 1. The second-order valence-corrected chi connectivity index (χ2v) is 6.05. The van der Waals surface area contributed by atoms with Crippen LogP contribution in [0, 0.1) is 0 Å². The van der Waals surface area contributed by atoms with Crippen LogP contribution in [-0.2, 0) is 11.2 Å². The van der Waals surface area contributed by atoms with Gasteiger partial charge in [-0.25, -0.2) is 0 Å². The summed E-state index contributed by atoms with van der Waals surface area (Å²) >= 11 is 3.44. The summed E-state index contributed by atoms with van der Waals surface area (Å²) < 4.78 is 1.09. The molecule has 1 amide bonds. The van der Waals surface area contributed by atoms with Gasteiger partial charge in [0.1, 0.15) is 0 Å². The summed E-state index contributed by atoms with van der Waals surface area (Å²) in [5.41, 5.74) is 3.10. The predicted octanol–water partition coefficient (Wildman–Crippen LogP) is 4.45. The minimum Gasteiger partial charge on any atom is -0.382 e. The van der Waals surface area contributed by atoms with E-state index in [0.717, 1.165) is 22.3 Å². The van der Waals surface area contributed by atoms with Crippen LogP contribution in [0.3, 0.4) is 0 Å².